The van der Waals surface area contributed by atoms with Crippen molar-refractivity contribution in [3.05, 3.63) is 65.5 Å². The maximum atomic E-state index is 13.1. The first-order valence-electron chi connectivity index (χ1n) is 7.15. The number of amides is 1. The average Bonchev–Trinajstić information content (AvgIpc) is 2.54. The molecule has 2 aromatic rings. The molecule has 0 aliphatic rings. The van der Waals surface area contributed by atoms with Crippen molar-refractivity contribution >= 4 is 5.91 Å². The van der Waals surface area contributed by atoms with Gasteiger partial charge in [-0.05, 0) is 35.4 Å². The molecule has 4 nitrogen and oxygen atoms in total. The van der Waals surface area contributed by atoms with Crippen molar-refractivity contribution in [2.45, 2.75) is 26.5 Å². The van der Waals surface area contributed by atoms with Gasteiger partial charge in [-0.2, -0.15) is 0 Å². The topological polar surface area (TPSA) is 50.4 Å². The third-order valence-corrected chi connectivity index (χ3v) is 3.06. The van der Waals surface area contributed by atoms with Gasteiger partial charge in [-0.3, -0.25) is 10.2 Å². The van der Waals surface area contributed by atoms with Gasteiger partial charge in [-0.25, -0.2) is 9.82 Å². The van der Waals surface area contributed by atoms with Crippen molar-refractivity contribution < 1.29 is 13.9 Å². The van der Waals surface area contributed by atoms with Crippen molar-refractivity contribution in [3.63, 3.8) is 0 Å². The highest BCUT2D eigenvalue weighted by molar-refractivity contribution is 5.74. The Labute approximate surface area is 129 Å². The molecular weight excluding hydrogens is 283 g/mol. The molecule has 0 unspecified atom stereocenters. The Hall–Kier alpha value is -2.40. The minimum absolute atomic E-state index is 0.0463. The maximum Gasteiger partial charge on any atom is 0.233 e. The van der Waals surface area contributed by atoms with Crippen LogP contribution in [0.5, 0.6) is 5.75 Å². The molecule has 0 aromatic heterocycles. The molecule has 0 bridgehead atoms. The summed E-state index contributed by atoms with van der Waals surface area (Å²) < 4.78 is 18.7. The first kappa shape index (κ1) is 16.0. The highest BCUT2D eigenvalue weighted by atomic mass is 19.1. The van der Waals surface area contributed by atoms with E-state index in [9.17, 15) is 9.18 Å². The van der Waals surface area contributed by atoms with E-state index in [0.717, 1.165) is 11.1 Å². The molecule has 0 saturated carbocycles. The SMILES string of the molecule is CCC(=O)NNCc1ccc(OCc2cccc(F)c2)cc1. The lowest BCUT2D eigenvalue weighted by Gasteiger charge is -2.09. The predicted octanol–water partition coefficient (Wildman–Crippen LogP) is 2.94. The van der Waals surface area contributed by atoms with Crippen LogP contribution >= 0.6 is 0 Å². The zero-order valence-electron chi connectivity index (χ0n) is 12.4. The first-order valence-corrected chi connectivity index (χ1v) is 7.15. The van der Waals surface area contributed by atoms with Crippen LogP contribution in [0.4, 0.5) is 4.39 Å². The molecular formula is C17H19FN2O2. The summed E-state index contributed by atoms with van der Waals surface area (Å²) in [4.78, 5) is 11.1. The van der Waals surface area contributed by atoms with Gasteiger partial charge in [0.05, 0.1) is 0 Å². The van der Waals surface area contributed by atoms with Gasteiger partial charge < -0.3 is 4.74 Å². The number of nitrogens with one attached hydrogen (secondary N) is 2. The number of benzene rings is 2. The zero-order valence-corrected chi connectivity index (χ0v) is 12.4. The molecule has 0 saturated heterocycles. The van der Waals surface area contributed by atoms with E-state index in [2.05, 4.69) is 10.9 Å². The minimum Gasteiger partial charge on any atom is -0.489 e. The van der Waals surface area contributed by atoms with Crippen molar-refractivity contribution in [2.75, 3.05) is 0 Å². The highest BCUT2D eigenvalue weighted by Gasteiger charge is 1.99. The number of hydrogen-bond donors (Lipinski definition) is 2. The summed E-state index contributed by atoms with van der Waals surface area (Å²) >= 11 is 0. The standard InChI is InChI=1S/C17H19FN2O2/c1-2-17(21)20-19-11-13-6-8-16(9-7-13)22-12-14-4-3-5-15(18)10-14/h3-10,19H,2,11-12H2,1H3,(H,20,21). The fourth-order valence-electron chi connectivity index (χ4n) is 1.83. The molecule has 22 heavy (non-hydrogen) atoms. The van der Waals surface area contributed by atoms with Crippen molar-refractivity contribution in [1.29, 1.82) is 0 Å². The Kier molecular flexibility index (Phi) is 5.91. The van der Waals surface area contributed by atoms with Crippen molar-refractivity contribution in [3.8, 4) is 5.75 Å². The molecule has 116 valence electrons. The van der Waals surface area contributed by atoms with E-state index in [0.29, 0.717) is 25.3 Å². The molecule has 2 N–H and O–H groups in total. The Morgan fingerprint density at radius 2 is 1.91 bits per heavy atom. The summed E-state index contributed by atoms with van der Waals surface area (Å²) in [6, 6.07) is 13.8. The van der Waals surface area contributed by atoms with Gasteiger partial charge in [0, 0.05) is 13.0 Å². The van der Waals surface area contributed by atoms with Crippen LogP contribution in [0.15, 0.2) is 48.5 Å². The van der Waals surface area contributed by atoms with Gasteiger partial charge in [0.2, 0.25) is 5.91 Å². The summed E-state index contributed by atoms with van der Waals surface area (Å²) in [7, 11) is 0. The second kappa shape index (κ2) is 8.14. The van der Waals surface area contributed by atoms with E-state index in [-0.39, 0.29) is 11.7 Å². The van der Waals surface area contributed by atoms with Crippen LogP contribution < -0.4 is 15.6 Å². The Morgan fingerprint density at radius 3 is 2.59 bits per heavy atom. The lowest BCUT2D eigenvalue weighted by Crippen LogP contribution is -2.36. The van der Waals surface area contributed by atoms with Gasteiger partial charge in [0.1, 0.15) is 18.2 Å². The van der Waals surface area contributed by atoms with E-state index < -0.39 is 0 Å². The first-order chi connectivity index (χ1) is 10.7. The number of halogens is 1. The second-order valence-electron chi connectivity index (χ2n) is 4.82. The van der Waals surface area contributed by atoms with Crippen LogP contribution in [0, 0.1) is 5.82 Å². The van der Waals surface area contributed by atoms with Crippen LogP contribution in [0.3, 0.4) is 0 Å². The molecule has 0 aliphatic heterocycles. The third-order valence-electron chi connectivity index (χ3n) is 3.06. The fraction of sp³-hybridized carbons (Fsp3) is 0.235. The Morgan fingerprint density at radius 1 is 1.14 bits per heavy atom. The molecule has 0 radical (unpaired) electrons. The summed E-state index contributed by atoms with van der Waals surface area (Å²) in [6.45, 7) is 2.65. The number of carbonyl (C=O) groups excluding carboxylic acids is 1. The molecule has 1 amide bonds. The normalized spacial score (nSPS) is 10.3. The van der Waals surface area contributed by atoms with Gasteiger partial charge in [-0.15, -0.1) is 0 Å². The average molecular weight is 302 g/mol. The monoisotopic (exact) mass is 302 g/mol. The van der Waals surface area contributed by atoms with Crippen molar-refractivity contribution in [1.82, 2.24) is 10.9 Å². The van der Waals surface area contributed by atoms with Gasteiger partial charge in [0.15, 0.2) is 0 Å². The quantitative estimate of drug-likeness (QED) is 0.773. The van der Waals surface area contributed by atoms with E-state index >= 15 is 0 Å². The number of rotatable bonds is 7. The lowest BCUT2D eigenvalue weighted by atomic mass is 10.2. The highest BCUT2D eigenvalue weighted by Crippen LogP contribution is 2.14. The Balaban J connectivity index is 1.80. The largest absolute Gasteiger partial charge is 0.489 e. The van der Waals surface area contributed by atoms with E-state index in [1.54, 1.807) is 13.0 Å². The fourth-order valence-corrected chi connectivity index (χ4v) is 1.83. The van der Waals surface area contributed by atoms with Crippen LogP contribution in [0.25, 0.3) is 0 Å². The number of carbonyl (C=O) groups is 1. The van der Waals surface area contributed by atoms with Crippen LogP contribution in [-0.4, -0.2) is 5.91 Å². The molecule has 2 aromatic carbocycles. The number of hydrogen-bond acceptors (Lipinski definition) is 3. The number of hydrazine groups is 1. The molecule has 5 heteroatoms. The number of ether oxygens (including phenoxy) is 1. The van der Waals surface area contributed by atoms with Gasteiger partial charge in [-0.1, -0.05) is 31.2 Å². The molecule has 2 rings (SSSR count). The smallest absolute Gasteiger partial charge is 0.233 e. The maximum absolute atomic E-state index is 13.1. The van der Waals surface area contributed by atoms with Crippen LogP contribution in [0.1, 0.15) is 24.5 Å². The molecule has 0 aliphatic carbocycles. The summed E-state index contributed by atoms with van der Waals surface area (Å²) in [5.41, 5.74) is 7.25. The van der Waals surface area contributed by atoms with E-state index in [4.69, 9.17) is 4.74 Å². The van der Waals surface area contributed by atoms with Crippen LogP contribution in [0.2, 0.25) is 0 Å². The summed E-state index contributed by atoms with van der Waals surface area (Å²) in [5, 5.41) is 0. The lowest BCUT2D eigenvalue weighted by molar-refractivity contribution is -0.121. The molecule has 0 fully saturated rings. The second-order valence-corrected chi connectivity index (χ2v) is 4.82. The summed E-state index contributed by atoms with van der Waals surface area (Å²) in [5.74, 6) is 0.400. The van der Waals surface area contributed by atoms with E-state index in [1.807, 2.05) is 30.3 Å². The molecule has 0 atom stereocenters. The molecule has 0 spiro atoms. The van der Waals surface area contributed by atoms with Gasteiger partial charge in [0.25, 0.3) is 0 Å². The van der Waals surface area contributed by atoms with Crippen molar-refractivity contribution in [2.24, 2.45) is 0 Å². The Bertz CT molecular complexity index is 614. The third kappa shape index (κ3) is 5.18. The van der Waals surface area contributed by atoms with E-state index in [1.165, 1.54) is 12.1 Å². The molecule has 0 heterocycles. The predicted molar refractivity (Wildman–Crippen MR) is 82.4 cm³/mol. The van der Waals surface area contributed by atoms with Crippen LogP contribution in [-0.2, 0) is 17.9 Å². The minimum atomic E-state index is -0.267. The zero-order chi connectivity index (χ0) is 15.8. The van der Waals surface area contributed by atoms with Gasteiger partial charge >= 0.3 is 0 Å². The summed E-state index contributed by atoms with van der Waals surface area (Å²) in [6.07, 6.45) is 0.444.